The lowest BCUT2D eigenvalue weighted by Crippen LogP contribution is -2.33. The molecular weight excluding hydrogens is 431 g/mol. The highest BCUT2D eigenvalue weighted by molar-refractivity contribution is 6.33. The molecule has 0 amide bonds. The van der Waals surface area contributed by atoms with E-state index < -0.39 is 0 Å². The zero-order valence-corrected chi connectivity index (χ0v) is 18.8. The van der Waals surface area contributed by atoms with Crippen molar-refractivity contribution in [3.63, 3.8) is 0 Å². The van der Waals surface area contributed by atoms with Crippen LogP contribution in [-0.4, -0.2) is 36.1 Å². The first-order valence-electron chi connectivity index (χ1n) is 10.7. The molecule has 0 aliphatic carbocycles. The summed E-state index contributed by atoms with van der Waals surface area (Å²) >= 11 is 6.40. The average molecular weight is 457 g/mol. The monoisotopic (exact) mass is 456 g/mol. The van der Waals surface area contributed by atoms with E-state index in [1.165, 1.54) is 16.8 Å². The minimum atomic E-state index is -0.386. The normalized spacial score (nSPS) is 17.1. The number of halogens is 2. The first kappa shape index (κ1) is 22.3. The minimum Gasteiger partial charge on any atom is -0.381 e. The lowest BCUT2D eigenvalue weighted by atomic mass is 9.95. The van der Waals surface area contributed by atoms with E-state index >= 15 is 0 Å². The standard InChI is InChI=1S/C24H26ClFN4O2/c1-16(17-4-3-13-32-15-17)28-22-14-27-30(24(31)23(22)25)21-11-9-20(10-12-21)29(2)19-7-5-18(26)6-8-19/h5-12,14,16-17,28H,3-4,13,15H2,1-2H3/t16?,17-/m0/s1. The number of anilines is 3. The highest BCUT2D eigenvalue weighted by atomic mass is 35.5. The number of benzene rings is 2. The fraction of sp³-hybridized carbons (Fsp3) is 0.333. The van der Waals surface area contributed by atoms with Gasteiger partial charge in [0.1, 0.15) is 10.8 Å². The molecule has 1 N–H and O–H groups in total. The van der Waals surface area contributed by atoms with Crippen molar-refractivity contribution in [3.8, 4) is 5.69 Å². The molecule has 1 saturated heterocycles. The maximum atomic E-state index is 13.2. The zero-order valence-electron chi connectivity index (χ0n) is 18.1. The number of hydrogen-bond acceptors (Lipinski definition) is 5. The fourth-order valence-corrected chi connectivity index (χ4v) is 4.06. The van der Waals surface area contributed by atoms with Crippen molar-refractivity contribution >= 4 is 28.7 Å². The second-order valence-electron chi connectivity index (χ2n) is 8.05. The minimum absolute atomic E-state index is 0.107. The number of nitrogens with one attached hydrogen (secondary N) is 1. The van der Waals surface area contributed by atoms with Crippen molar-refractivity contribution < 1.29 is 9.13 Å². The van der Waals surface area contributed by atoms with E-state index in [0.717, 1.165) is 30.8 Å². The smallest absolute Gasteiger partial charge is 0.292 e. The summed E-state index contributed by atoms with van der Waals surface area (Å²) < 4.78 is 20.0. The molecular formula is C24H26ClFN4O2. The lowest BCUT2D eigenvalue weighted by molar-refractivity contribution is 0.0496. The summed E-state index contributed by atoms with van der Waals surface area (Å²) in [5.41, 5.74) is 2.49. The molecule has 3 aromatic rings. The van der Waals surface area contributed by atoms with Gasteiger partial charge >= 0.3 is 0 Å². The Morgan fingerprint density at radius 1 is 1.19 bits per heavy atom. The Hall–Kier alpha value is -2.90. The third-order valence-electron chi connectivity index (χ3n) is 5.90. The molecule has 0 spiro atoms. The molecule has 0 radical (unpaired) electrons. The van der Waals surface area contributed by atoms with E-state index in [-0.39, 0.29) is 22.4 Å². The maximum Gasteiger partial charge on any atom is 0.292 e. The summed E-state index contributed by atoms with van der Waals surface area (Å²) in [6.07, 6.45) is 3.70. The Kier molecular flexibility index (Phi) is 6.77. The number of nitrogens with zero attached hydrogens (tertiary/aromatic N) is 3. The van der Waals surface area contributed by atoms with Gasteiger partial charge in [-0.1, -0.05) is 11.6 Å². The van der Waals surface area contributed by atoms with Gasteiger partial charge in [-0.2, -0.15) is 9.78 Å². The van der Waals surface area contributed by atoms with Crippen LogP contribution in [0.15, 0.2) is 59.5 Å². The molecule has 1 fully saturated rings. The van der Waals surface area contributed by atoms with Gasteiger partial charge in [0.05, 0.1) is 24.2 Å². The summed E-state index contributed by atoms with van der Waals surface area (Å²) in [4.78, 5) is 14.8. The Bertz CT molecular complexity index is 1110. The van der Waals surface area contributed by atoms with Gasteiger partial charge in [-0.25, -0.2) is 4.39 Å². The second kappa shape index (κ2) is 9.71. The van der Waals surface area contributed by atoms with Crippen molar-refractivity contribution in [2.75, 3.05) is 30.5 Å². The summed E-state index contributed by atoms with van der Waals surface area (Å²) in [5.74, 6) is 0.0899. The molecule has 2 aromatic carbocycles. The van der Waals surface area contributed by atoms with E-state index in [1.54, 1.807) is 30.5 Å². The largest absolute Gasteiger partial charge is 0.381 e. The Morgan fingerprint density at radius 3 is 2.47 bits per heavy atom. The van der Waals surface area contributed by atoms with Crippen LogP contribution in [0, 0.1) is 11.7 Å². The number of ether oxygens (including phenoxy) is 1. The number of rotatable bonds is 6. The quantitative estimate of drug-likeness (QED) is 0.564. The second-order valence-corrected chi connectivity index (χ2v) is 8.43. The summed E-state index contributed by atoms with van der Waals surface area (Å²) in [6, 6.07) is 13.7. The topological polar surface area (TPSA) is 59.4 Å². The first-order valence-corrected chi connectivity index (χ1v) is 11.0. The lowest BCUT2D eigenvalue weighted by Gasteiger charge is -2.29. The highest BCUT2D eigenvalue weighted by Gasteiger charge is 2.22. The van der Waals surface area contributed by atoms with E-state index in [1.807, 2.05) is 24.1 Å². The SMILES string of the molecule is CC(Nc1cnn(-c2ccc(N(C)c3ccc(F)cc3)cc2)c(=O)c1Cl)[C@H]1CCCOC1. The first-order chi connectivity index (χ1) is 15.4. The predicted molar refractivity (Wildman–Crippen MR) is 126 cm³/mol. The van der Waals surface area contributed by atoms with Gasteiger partial charge in [-0.15, -0.1) is 0 Å². The molecule has 2 heterocycles. The van der Waals surface area contributed by atoms with Gasteiger partial charge in [-0.3, -0.25) is 4.79 Å². The molecule has 8 heteroatoms. The van der Waals surface area contributed by atoms with Gasteiger partial charge in [0, 0.05) is 37.0 Å². The fourth-order valence-electron chi connectivity index (χ4n) is 3.87. The van der Waals surface area contributed by atoms with Gasteiger partial charge < -0.3 is 15.0 Å². The molecule has 1 unspecified atom stereocenters. The van der Waals surface area contributed by atoms with Crippen LogP contribution in [0.1, 0.15) is 19.8 Å². The van der Waals surface area contributed by atoms with Crippen LogP contribution >= 0.6 is 11.6 Å². The van der Waals surface area contributed by atoms with Crippen molar-refractivity contribution in [2.45, 2.75) is 25.8 Å². The summed E-state index contributed by atoms with van der Waals surface area (Å²) in [5, 5.41) is 7.75. The van der Waals surface area contributed by atoms with E-state index in [2.05, 4.69) is 17.3 Å². The summed E-state index contributed by atoms with van der Waals surface area (Å²) in [7, 11) is 1.89. The van der Waals surface area contributed by atoms with E-state index in [9.17, 15) is 9.18 Å². The zero-order chi connectivity index (χ0) is 22.7. The van der Waals surface area contributed by atoms with Crippen LogP contribution < -0.4 is 15.8 Å². The Labute approximate surface area is 191 Å². The van der Waals surface area contributed by atoms with E-state index in [0.29, 0.717) is 23.9 Å². The molecule has 1 aromatic heterocycles. The van der Waals surface area contributed by atoms with Crippen LogP contribution in [0.25, 0.3) is 5.69 Å². The molecule has 4 rings (SSSR count). The number of aromatic nitrogens is 2. The third kappa shape index (κ3) is 4.79. The molecule has 0 bridgehead atoms. The third-order valence-corrected chi connectivity index (χ3v) is 6.27. The van der Waals surface area contributed by atoms with Crippen LogP contribution in [0.4, 0.5) is 21.5 Å². The average Bonchev–Trinajstić information content (AvgIpc) is 2.83. The number of hydrogen-bond donors (Lipinski definition) is 1. The summed E-state index contributed by atoms with van der Waals surface area (Å²) in [6.45, 7) is 3.58. The van der Waals surface area contributed by atoms with Gasteiger partial charge in [-0.05, 0) is 68.3 Å². The van der Waals surface area contributed by atoms with Gasteiger partial charge in [0.25, 0.3) is 5.56 Å². The van der Waals surface area contributed by atoms with Crippen LogP contribution in [0.5, 0.6) is 0 Å². The van der Waals surface area contributed by atoms with Crippen molar-refractivity contribution in [3.05, 3.63) is 75.9 Å². The van der Waals surface area contributed by atoms with E-state index in [4.69, 9.17) is 16.3 Å². The molecule has 168 valence electrons. The van der Waals surface area contributed by atoms with Gasteiger partial charge in [0.15, 0.2) is 0 Å². The molecule has 1 aliphatic rings. The molecule has 0 saturated carbocycles. The Balaban J connectivity index is 1.51. The maximum absolute atomic E-state index is 13.2. The van der Waals surface area contributed by atoms with Crippen molar-refractivity contribution in [2.24, 2.45) is 5.92 Å². The predicted octanol–water partition coefficient (Wildman–Crippen LogP) is 5.02. The molecule has 32 heavy (non-hydrogen) atoms. The van der Waals surface area contributed by atoms with Crippen LogP contribution in [-0.2, 0) is 4.74 Å². The molecule has 1 aliphatic heterocycles. The van der Waals surface area contributed by atoms with Crippen molar-refractivity contribution in [1.82, 2.24) is 9.78 Å². The molecule has 6 nitrogen and oxygen atoms in total. The van der Waals surface area contributed by atoms with Crippen LogP contribution in [0.2, 0.25) is 5.02 Å². The van der Waals surface area contributed by atoms with Gasteiger partial charge in [0.2, 0.25) is 0 Å². The highest BCUT2D eigenvalue weighted by Crippen LogP contribution is 2.26. The molecule has 2 atom stereocenters. The Morgan fingerprint density at radius 2 is 1.84 bits per heavy atom. The van der Waals surface area contributed by atoms with Crippen molar-refractivity contribution in [1.29, 1.82) is 0 Å². The van der Waals surface area contributed by atoms with Crippen LogP contribution in [0.3, 0.4) is 0 Å².